The second-order valence-electron chi connectivity index (χ2n) is 4.58. The van der Waals surface area contributed by atoms with Crippen LogP contribution in [0.1, 0.15) is 12.0 Å². The van der Waals surface area contributed by atoms with Crippen LogP contribution >= 0.6 is 0 Å². The van der Waals surface area contributed by atoms with Crippen molar-refractivity contribution >= 4 is 5.97 Å². The van der Waals surface area contributed by atoms with Gasteiger partial charge in [-0.1, -0.05) is 24.3 Å². The zero-order valence-electron chi connectivity index (χ0n) is 11.5. The van der Waals surface area contributed by atoms with Crippen LogP contribution in [-0.2, 0) is 22.5 Å². The summed E-state index contributed by atoms with van der Waals surface area (Å²) in [4.78, 5) is 10.5. The Labute approximate surface area is 117 Å². The molecular weight excluding hydrogens is 256 g/mol. The fraction of sp³-hybridized carbons (Fsp3) is 0.333. The number of aliphatic carboxylic acids is 1. The van der Waals surface area contributed by atoms with Crippen LogP contribution in [0, 0.1) is 0 Å². The molecule has 0 radical (unpaired) electrons. The maximum Gasteiger partial charge on any atom is 0.303 e. The van der Waals surface area contributed by atoms with Crippen molar-refractivity contribution < 1.29 is 14.6 Å². The summed E-state index contributed by atoms with van der Waals surface area (Å²) in [6.45, 7) is 1.36. The number of ether oxygens (including phenoxy) is 1. The van der Waals surface area contributed by atoms with Crippen LogP contribution in [0.25, 0.3) is 11.1 Å². The predicted octanol–water partition coefficient (Wildman–Crippen LogP) is 2.21. The van der Waals surface area contributed by atoms with Gasteiger partial charge in [-0.2, -0.15) is 5.10 Å². The molecular formula is C15H18N2O3. The number of methoxy groups -OCH3 is 1. The van der Waals surface area contributed by atoms with E-state index in [2.05, 4.69) is 5.10 Å². The number of carboxylic acids is 1. The molecule has 0 fully saturated rings. The number of carboxylic acid groups (broad SMARTS) is 1. The molecule has 5 nitrogen and oxygen atoms in total. The normalized spacial score (nSPS) is 10.7. The molecule has 20 heavy (non-hydrogen) atoms. The molecule has 1 aromatic heterocycles. The average Bonchev–Trinajstić information content (AvgIpc) is 2.92. The lowest BCUT2D eigenvalue weighted by atomic mass is 10.0. The summed E-state index contributed by atoms with van der Waals surface area (Å²) in [6.07, 6.45) is 4.52. The first kappa shape index (κ1) is 14.3. The van der Waals surface area contributed by atoms with E-state index in [0.717, 1.165) is 23.2 Å². The number of carbonyl (C=O) groups is 1. The lowest BCUT2D eigenvalue weighted by Crippen LogP contribution is -2.03. The summed E-state index contributed by atoms with van der Waals surface area (Å²) < 4.78 is 6.86. The van der Waals surface area contributed by atoms with Crippen molar-refractivity contribution in [1.29, 1.82) is 0 Å². The van der Waals surface area contributed by atoms with Crippen LogP contribution in [0.3, 0.4) is 0 Å². The van der Waals surface area contributed by atoms with Crippen LogP contribution in [0.5, 0.6) is 0 Å². The highest BCUT2D eigenvalue weighted by atomic mass is 16.5. The van der Waals surface area contributed by atoms with Crippen molar-refractivity contribution in [2.75, 3.05) is 13.7 Å². The van der Waals surface area contributed by atoms with Gasteiger partial charge in [-0.15, -0.1) is 0 Å². The third-order valence-electron chi connectivity index (χ3n) is 3.07. The maximum atomic E-state index is 10.5. The molecule has 0 aliphatic carbocycles. The smallest absolute Gasteiger partial charge is 0.303 e. The zero-order chi connectivity index (χ0) is 14.4. The number of benzene rings is 1. The molecule has 1 N–H and O–H groups in total. The predicted molar refractivity (Wildman–Crippen MR) is 75.5 cm³/mol. The number of aromatic nitrogens is 2. The van der Waals surface area contributed by atoms with Gasteiger partial charge in [0, 0.05) is 25.3 Å². The van der Waals surface area contributed by atoms with Crippen LogP contribution in [0.15, 0.2) is 36.7 Å². The van der Waals surface area contributed by atoms with E-state index < -0.39 is 5.97 Å². The van der Waals surface area contributed by atoms with Crippen molar-refractivity contribution in [3.8, 4) is 11.1 Å². The van der Waals surface area contributed by atoms with E-state index in [1.54, 1.807) is 7.11 Å². The van der Waals surface area contributed by atoms with Gasteiger partial charge in [0.2, 0.25) is 0 Å². The van der Waals surface area contributed by atoms with Crippen LogP contribution in [0.2, 0.25) is 0 Å². The molecule has 0 saturated carbocycles. The molecule has 0 amide bonds. The summed E-state index contributed by atoms with van der Waals surface area (Å²) in [5, 5.41) is 12.9. The lowest BCUT2D eigenvalue weighted by Gasteiger charge is -2.01. The number of hydrogen-bond acceptors (Lipinski definition) is 3. The highest BCUT2D eigenvalue weighted by Gasteiger charge is 2.03. The standard InChI is InChI=1S/C15H18N2O3/c1-20-9-8-17-11-14(10-16-17)13-5-2-12(3-6-13)4-7-15(18)19/h2-3,5-6,10-11H,4,7-9H2,1H3,(H,18,19). The molecule has 0 unspecified atom stereocenters. The van der Waals surface area contributed by atoms with Gasteiger partial charge >= 0.3 is 5.97 Å². The Hall–Kier alpha value is -2.14. The topological polar surface area (TPSA) is 64.3 Å². The largest absolute Gasteiger partial charge is 0.481 e. The SMILES string of the molecule is COCCn1cc(-c2ccc(CCC(=O)O)cc2)cn1. The second-order valence-corrected chi connectivity index (χ2v) is 4.58. The summed E-state index contributed by atoms with van der Waals surface area (Å²) in [5.74, 6) is -0.770. The number of rotatable bonds is 7. The molecule has 1 heterocycles. The van der Waals surface area contributed by atoms with E-state index >= 15 is 0 Å². The molecule has 5 heteroatoms. The fourth-order valence-corrected chi connectivity index (χ4v) is 1.93. The third kappa shape index (κ3) is 3.93. The van der Waals surface area contributed by atoms with Gasteiger partial charge in [0.25, 0.3) is 0 Å². The van der Waals surface area contributed by atoms with E-state index in [0.29, 0.717) is 13.0 Å². The van der Waals surface area contributed by atoms with Gasteiger partial charge < -0.3 is 9.84 Å². The molecule has 2 aromatic rings. The lowest BCUT2D eigenvalue weighted by molar-refractivity contribution is -0.136. The van der Waals surface area contributed by atoms with Crippen molar-refractivity contribution in [2.45, 2.75) is 19.4 Å². The maximum absolute atomic E-state index is 10.5. The summed E-state index contributed by atoms with van der Waals surface area (Å²) in [7, 11) is 1.67. The van der Waals surface area contributed by atoms with Gasteiger partial charge in [0.1, 0.15) is 0 Å². The molecule has 1 aromatic carbocycles. The Morgan fingerprint density at radius 1 is 1.30 bits per heavy atom. The Morgan fingerprint density at radius 2 is 2.05 bits per heavy atom. The zero-order valence-corrected chi connectivity index (χ0v) is 11.5. The highest BCUT2D eigenvalue weighted by molar-refractivity contribution is 5.67. The minimum Gasteiger partial charge on any atom is -0.481 e. The van der Waals surface area contributed by atoms with E-state index in [4.69, 9.17) is 9.84 Å². The van der Waals surface area contributed by atoms with E-state index in [9.17, 15) is 4.79 Å². The van der Waals surface area contributed by atoms with Gasteiger partial charge in [0.05, 0.1) is 19.3 Å². The molecule has 0 saturated heterocycles. The minimum atomic E-state index is -0.770. The Bertz CT molecular complexity index is 561. The number of hydrogen-bond donors (Lipinski definition) is 1. The molecule has 0 aliphatic rings. The third-order valence-corrected chi connectivity index (χ3v) is 3.07. The van der Waals surface area contributed by atoms with Crippen LogP contribution in [0.4, 0.5) is 0 Å². The molecule has 2 rings (SSSR count). The number of aryl methyl sites for hydroxylation is 1. The van der Waals surface area contributed by atoms with Crippen molar-refractivity contribution in [1.82, 2.24) is 9.78 Å². The fourth-order valence-electron chi connectivity index (χ4n) is 1.93. The Kier molecular flexibility index (Phi) is 4.90. The molecule has 0 aliphatic heterocycles. The molecule has 0 atom stereocenters. The molecule has 106 valence electrons. The first-order chi connectivity index (χ1) is 9.69. The molecule has 0 bridgehead atoms. The average molecular weight is 274 g/mol. The summed E-state index contributed by atoms with van der Waals surface area (Å²) in [6, 6.07) is 7.92. The van der Waals surface area contributed by atoms with E-state index in [-0.39, 0.29) is 6.42 Å². The first-order valence-corrected chi connectivity index (χ1v) is 6.51. The van der Waals surface area contributed by atoms with Crippen molar-refractivity contribution in [2.24, 2.45) is 0 Å². The van der Waals surface area contributed by atoms with E-state index in [1.807, 2.05) is 41.3 Å². The van der Waals surface area contributed by atoms with Crippen LogP contribution < -0.4 is 0 Å². The minimum absolute atomic E-state index is 0.161. The van der Waals surface area contributed by atoms with Gasteiger partial charge in [-0.3, -0.25) is 9.48 Å². The van der Waals surface area contributed by atoms with E-state index in [1.165, 1.54) is 0 Å². The summed E-state index contributed by atoms with van der Waals surface area (Å²) >= 11 is 0. The monoisotopic (exact) mass is 274 g/mol. The number of nitrogens with zero attached hydrogens (tertiary/aromatic N) is 2. The quantitative estimate of drug-likeness (QED) is 0.840. The van der Waals surface area contributed by atoms with Crippen molar-refractivity contribution in [3.63, 3.8) is 0 Å². The van der Waals surface area contributed by atoms with Crippen LogP contribution in [-0.4, -0.2) is 34.6 Å². The second kappa shape index (κ2) is 6.86. The Balaban J connectivity index is 2.01. The van der Waals surface area contributed by atoms with Gasteiger partial charge in [-0.05, 0) is 17.5 Å². The first-order valence-electron chi connectivity index (χ1n) is 6.51. The van der Waals surface area contributed by atoms with Crippen molar-refractivity contribution in [3.05, 3.63) is 42.2 Å². The molecule has 0 spiro atoms. The van der Waals surface area contributed by atoms with Gasteiger partial charge in [0.15, 0.2) is 0 Å². The summed E-state index contributed by atoms with van der Waals surface area (Å²) in [5.41, 5.74) is 3.15. The highest BCUT2D eigenvalue weighted by Crippen LogP contribution is 2.19. The Morgan fingerprint density at radius 3 is 2.70 bits per heavy atom. The van der Waals surface area contributed by atoms with Gasteiger partial charge in [-0.25, -0.2) is 0 Å².